The molecule has 0 fully saturated rings. The minimum Gasteiger partial charge on any atom is -0.461 e. The number of nitrogens with zero attached hydrogens (tertiary/aromatic N) is 2. The third-order valence-corrected chi connectivity index (χ3v) is 5.70. The first-order chi connectivity index (χ1) is 16.2. The van der Waals surface area contributed by atoms with Crippen LogP contribution >= 0.6 is 0 Å². The molecule has 0 aliphatic carbocycles. The maximum absolute atomic E-state index is 13.0. The predicted molar refractivity (Wildman–Crippen MR) is 128 cm³/mol. The van der Waals surface area contributed by atoms with Crippen LogP contribution in [0.2, 0.25) is 0 Å². The van der Waals surface area contributed by atoms with E-state index in [4.69, 9.17) is 4.42 Å². The van der Waals surface area contributed by atoms with Gasteiger partial charge < -0.3 is 19.3 Å². The number of hydrogen-bond donors (Lipinski definition) is 2. The maximum atomic E-state index is 13.0. The number of furan rings is 1. The van der Waals surface area contributed by atoms with Crippen molar-refractivity contribution in [3.8, 4) is 11.6 Å². The fraction of sp³-hybridized carbons (Fsp3) is 0.0385. The molecular formula is C26H18N4O3. The van der Waals surface area contributed by atoms with Gasteiger partial charge in [-0.15, -0.1) is 0 Å². The summed E-state index contributed by atoms with van der Waals surface area (Å²) >= 11 is 0. The fourth-order valence-electron chi connectivity index (χ4n) is 4.21. The first kappa shape index (κ1) is 19.1. The summed E-state index contributed by atoms with van der Waals surface area (Å²) in [4.78, 5) is 33.7. The van der Waals surface area contributed by atoms with E-state index in [9.17, 15) is 9.59 Å². The van der Waals surface area contributed by atoms with Gasteiger partial charge >= 0.3 is 0 Å². The van der Waals surface area contributed by atoms with Crippen LogP contribution in [0.15, 0.2) is 94.3 Å². The van der Waals surface area contributed by atoms with Gasteiger partial charge in [0.2, 0.25) is 5.91 Å². The summed E-state index contributed by atoms with van der Waals surface area (Å²) in [6, 6.07) is 23.9. The molecule has 33 heavy (non-hydrogen) atoms. The molecule has 1 amide bonds. The van der Waals surface area contributed by atoms with E-state index in [1.807, 2.05) is 65.2 Å². The van der Waals surface area contributed by atoms with Crippen molar-refractivity contribution < 1.29 is 9.21 Å². The third kappa shape index (κ3) is 3.27. The molecule has 7 nitrogen and oxygen atoms in total. The number of anilines is 1. The van der Waals surface area contributed by atoms with Gasteiger partial charge in [-0.2, -0.15) is 0 Å². The van der Waals surface area contributed by atoms with Crippen LogP contribution in [0.5, 0.6) is 0 Å². The fourth-order valence-corrected chi connectivity index (χ4v) is 4.21. The molecule has 0 saturated heterocycles. The van der Waals surface area contributed by atoms with Crippen molar-refractivity contribution in [2.24, 2.45) is 0 Å². The summed E-state index contributed by atoms with van der Waals surface area (Å²) in [5, 5.41) is 4.14. The zero-order chi connectivity index (χ0) is 22.4. The number of pyridine rings is 1. The summed E-state index contributed by atoms with van der Waals surface area (Å²) in [7, 11) is 0. The topological polar surface area (TPSA) is 92.9 Å². The van der Waals surface area contributed by atoms with Crippen LogP contribution in [-0.2, 0) is 11.3 Å². The van der Waals surface area contributed by atoms with E-state index >= 15 is 0 Å². The lowest BCUT2D eigenvalue weighted by Crippen LogP contribution is -2.21. The lowest BCUT2D eigenvalue weighted by molar-refractivity contribution is -0.116. The molecule has 2 N–H and O–H groups in total. The van der Waals surface area contributed by atoms with Crippen molar-refractivity contribution in [1.29, 1.82) is 0 Å². The Morgan fingerprint density at radius 1 is 0.939 bits per heavy atom. The molecular weight excluding hydrogens is 416 g/mol. The number of nitrogens with one attached hydrogen (secondary N) is 2. The highest BCUT2D eigenvalue weighted by Gasteiger charge is 2.14. The number of imidazole rings is 1. The van der Waals surface area contributed by atoms with Crippen LogP contribution in [0.1, 0.15) is 0 Å². The molecule has 0 bridgehead atoms. The minimum atomic E-state index is -0.195. The molecule has 0 radical (unpaired) electrons. The number of aromatic amines is 1. The van der Waals surface area contributed by atoms with Gasteiger partial charge in [0.25, 0.3) is 0 Å². The van der Waals surface area contributed by atoms with Crippen molar-refractivity contribution in [3.63, 3.8) is 0 Å². The summed E-state index contributed by atoms with van der Waals surface area (Å²) < 4.78 is 7.28. The average molecular weight is 434 g/mol. The lowest BCUT2D eigenvalue weighted by atomic mass is 10.1. The van der Waals surface area contributed by atoms with Crippen LogP contribution < -0.4 is 10.7 Å². The van der Waals surface area contributed by atoms with Gasteiger partial charge in [0.15, 0.2) is 17.0 Å². The first-order valence-corrected chi connectivity index (χ1v) is 10.5. The Kier molecular flexibility index (Phi) is 4.33. The third-order valence-electron chi connectivity index (χ3n) is 5.70. The van der Waals surface area contributed by atoms with E-state index in [1.54, 1.807) is 24.5 Å². The highest BCUT2D eigenvalue weighted by Crippen LogP contribution is 2.24. The van der Waals surface area contributed by atoms with E-state index in [0.717, 1.165) is 22.1 Å². The van der Waals surface area contributed by atoms with Crippen LogP contribution in [-0.4, -0.2) is 20.4 Å². The lowest BCUT2D eigenvalue weighted by Gasteiger charge is -2.15. The molecule has 3 heterocycles. The zero-order valence-corrected chi connectivity index (χ0v) is 17.4. The molecule has 0 spiro atoms. The van der Waals surface area contributed by atoms with E-state index in [1.165, 1.54) is 0 Å². The molecule has 3 aromatic carbocycles. The Morgan fingerprint density at radius 2 is 1.67 bits per heavy atom. The standard InChI is InChI=1S/C26H18N4O3/c31-24(27-16-11-12-19-20(14-16)29-26(28-19)23-10-5-13-33-23)15-30-21-8-3-1-6-17(21)25(32)18-7-2-4-9-22(18)30/h1-14H,15H2,(H,27,31)(H,28,29). The molecule has 0 unspecified atom stereocenters. The summed E-state index contributed by atoms with van der Waals surface area (Å²) in [5.41, 5.74) is 3.63. The maximum Gasteiger partial charge on any atom is 0.244 e. The number of carbonyl (C=O) groups is 1. The number of fused-ring (bicyclic) bond motifs is 3. The number of benzene rings is 3. The zero-order valence-electron chi connectivity index (χ0n) is 17.4. The van der Waals surface area contributed by atoms with Gasteiger partial charge in [-0.3, -0.25) is 9.59 Å². The van der Waals surface area contributed by atoms with Crippen molar-refractivity contribution in [2.75, 3.05) is 5.32 Å². The molecule has 0 aliphatic heterocycles. The van der Waals surface area contributed by atoms with E-state index in [0.29, 0.717) is 28.0 Å². The molecule has 160 valence electrons. The Morgan fingerprint density at radius 3 is 2.36 bits per heavy atom. The molecule has 7 heteroatoms. The predicted octanol–water partition coefficient (Wildman–Crippen LogP) is 4.93. The van der Waals surface area contributed by atoms with Crippen LogP contribution in [0.3, 0.4) is 0 Å². The number of rotatable bonds is 4. The Balaban J connectivity index is 1.34. The Hall–Kier alpha value is -4.65. The molecule has 0 saturated carbocycles. The number of hydrogen-bond acceptors (Lipinski definition) is 4. The second kappa shape index (κ2) is 7.49. The van der Waals surface area contributed by atoms with E-state index < -0.39 is 0 Å². The van der Waals surface area contributed by atoms with E-state index in [2.05, 4.69) is 15.3 Å². The Labute approximate surface area is 187 Å². The molecule has 6 aromatic rings. The van der Waals surface area contributed by atoms with Crippen molar-refractivity contribution in [2.45, 2.75) is 6.54 Å². The highest BCUT2D eigenvalue weighted by molar-refractivity contribution is 5.98. The van der Waals surface area contributed by atoms with Crippen LogP contribution in [0.25, 0.3) is 44.4 Å². The smallest absolute Gasteiger partial charge is 0.244 e. The SMILES string of the molecule is O=C(Cn1c2ccccc2c(=O)c2ccccc21)Nc1ccc2nc(-c3ccco3)[nH]c2c1. The minimum absolute atomic E-state index is 0.0325. The normalized spacial score (nSPS) is 11.4. The summed E-state index contributed by atoms with van der Waals surface area (Å²) in [5.74, 6) is 1.08. The quantitative estimate of drug-likeness (QED) is 0.385. The van der Waals surface area contributed by atoms with Gasteiger partial charge in [0, 0.05) is 16.5 Å². The van der Waals surface area contributed by atoms with Crippen molar-refractivity contribution in [1.82, 2.24) is 14.5 Å². The van der Waals surface area contributed by atoms with Gasteiger partial charge in [-0.05, 0) is 54.6 Å². The second-order valence-corrected chi connectivity index (χ2v) is 7.79. The van der Waals surface area contributed by atoms with Crippen molar-refractivity contribution in [3.05, 3.63) is 95.3 Å². The molecule has 6 rings (SSSR count). The number of para-hydroxylation sites is 2. The number of H-pyrrole nitrogens is 1. The second-order valence-electron chi connectivity index (χ2n) is 7.79. The molecule has 0 aliphatic rings. The van der Waals surface area contributed by atoms with Crippen molar-refractivity contribution >= 4 is 44.4 Å². The van der Waals surface area contributed by atoms with Crippen LogP contribution in [0.4, 0.5) is 5.69 Å². The molecule has 3 aromatic heterocycles. The summed E-state index contributed by atoms with van der Waals surface area (Å²) in [6.45, 7) is 0.0694. The number of aromatic nitrogens is 3. The van der Waals surface area contributed by atoms with Gasteiger partial charge in [0.05, 0.1) is 28.3 Å². The number of carbonyl (C=O) groups excluding carboxylic acids is 1. The van der Waals surface area contributed by atoms with E-state index in [-0.39, 0.29) is 17.9 Å². The van der Waals surface area contributed by atoms with Crippen LogP contribution in [0, 0.1) is 0 Å². The number of amides is 1. The van der Waals surface area contributed by atoms with Gasteiger partial charge in [-0.1, -0.05) is 24.3 Å². The summed E-state index contributed by atoms with van der Waals surface area (Å²) in [6.07, 6.45) is 1.60. The van der Waals surface area contributed by atoms with Gasteiger partial charge in [0.1, 0.15) is 6.54 Å². The first-order valence-electron chi connectivity index (χ1n) is 10.5. The highest BCUT2D eigenvalue weighted by atomic mass is 16.3. The average Bonchev–Trinajstić information content (AvgIpc) is 3.51. The Bertz CT molecular complexity index is 1650. The van der Waals surface area contributed by atoms with Gasteiger partial charge in [-0.25, -0.2) is 4.98 Å². The monoisotopic (exact) mass is 434 g/mol. The molecule has 0 atom stereocenters. The largest absolute Gasteiger partial charge is 0.461 e.